The maximum atomic E-state index is 12.9. The van der Waals surface area contributed by atoms with Crippen LogP contribution in [0.25, 0.3) is 0 Å². The van der Waals surface area contributed by atoms with Crippen LogP contribution in [-0.4, -0.2) is 49.0 Å². The highest BCUT2D eigenvalue weighted by Crippen LogP contribution is 2.30. The number of esters is 1. The van der Waals surface area contributed by atoms with E-state index in [1.54, 1.807) is 26.1 Å². The summed E-state index contributed by atoms with van der Waals surface area (Å²) in [4.78, 5) is 40.0. The third kappa shape index (κ3) is 4.24. The zero-order valence-corrected chi connectivity index (χ0v) is 18.0. The van der Waals surface area contributed by atoms with Crippen LogP contribution < -0.4 is 16.0 Å². The molecular weight excluding hydrogens is 412 g/mol. The van der Waals surface area contributed by atoms with E-state index in [1.165, 1.54) is 6.26 Å². The number of carbonyl (C=O) groups excluding carboxylic acids is 3. The number of nitrogens with one attached hydrogen (secondary N) is 3. The van der Waals surface area contributed by atoms with E-state index in [2.05, 4.69) is 16.0 Å². The molecule has 3 N–H and O–H groups in total. The van der Waals surface area contributed by atoms with Crippen LogP contribution in [0.3, 0.4) is 0 Å². The van der Waals surface area contributed by atoms with Crippen LogP contribution in [0.2, 0.25) is 0 Å². The molecule has 9 heteroatoms. The molecule has 3 amide bonds. The lowest BCUT2D eigenvalue weighted by molar-refractivity contribution is -0.139. The Hall–Kier alpha value is -3.59. The molecule has 2 atom stereocenters. The Morgan fingerprint density at radius 2 is 2.00 bits per heavy atom. The lowest BCUT2D eigenvalue weighted by Gasteiger charge is -2.38. The molecule has 2 aliphatic heterocycles. The van der Waals surface area contributed by atoms with Crippen molar-refractivity contribution in [1.29, 1.82) is 0 Å². The second-order valence-electron chi connectivity index (χ2n) is 7.67. The minimum absolute atomic E-state index is 0.124. The average molecular weight is 438 g/mol. The summed E-state index contributed by atoms with van der Waals surface area (Å²) in [5, 5.41) is 8.22. The zero-order chi connectivity index (χ0) is 22.7. The quantitative estimate of drug-likeness (QED) is 0.591. The van der Waals surface area contributed by atoms with E-state index in [0.29, 0.717) is 24.4 Å². The molecule has 0 spiro atoms. The number of ether oxygens (including phenoxy) is 1. The van der Waals surface area contributed by atoms with Gasteiger partial charge in [0.05, 0.1) is 24.5 Å². The average Bonchev–Trinajstić information content (AvgIpc) is 3.32. The van der Waals surface area contributed by atoms with Gasteiger partial charge in [0, 0.05) is 25.8 Å². The van der Waals surface area contributed by atoms with Crippen LogP contribution in [0.15, 0.2) is 58.3 Å². The largest absolute Gasteiger partial charge is 0.467 e. The monoisotopic (exact) mass is 438 g/mol. The van der Waals surface area contributed by atoms with Gasteiger partial charge >= 0.3 is 12.0 Å². The number of urea groups is 1. The fourth-order valence-electron chi connectivity index (χ4n) is 4.23. The van der Waals surface area contributed by atoms with Gasteiger partial charge in [-0.15, -0.1) is 0 Å². The highest BCUT2D eigenvalue weighted by atomic mass is 16.5. The van der Waals surface area contributed by atoms with Crippen molar-refractivity contribution in [3.05, 3.63) is 70.8 Å². The summed E-state index contributed by atoms with van der Waals surface area (Å²) in [6.07, 6.45) is 2.01. The Balaban J connectivity index is 1.74. The molecule has 2 aliphatic rings. The number of furan rings is 1. The third-order valence-corrected chi connectivity index (χ3v) is 5.73. The van der Waals surface area contributed by atoms with E-state index in [4.69, 9.17) is 9.15 Å². The lowest BCUT2D eigenvalue weighted by atomic mass is 9.92. The topological polar surface area (TPSA) is 113 Å². The Labute approximate surface area is 185 Å². The van der Waals surface area contributed by atoms with Crippen LogP contribution in [0.5, 0.6) is 0 Å². The van der Waals surface area contributed by atoms with E-state index in [1.807, 2.05) is 29.2 Å². The van der Waals surface area contributed by atoms with Gasteiger partial charge in [-0.3, -0.25) is 9.69 Å². The van der Waals surface area contributed by atoms with Gasteiger partial charge < -0.3 is 25.1 Å². The number of hydrogen-bond acceptors (Lipinski definition) is 6. The normalized spacial score (nSPS) is 20.8. The number of hydrogen-bond donors (Lipinski definition) is 3. The van der Waals surface area contributed by atoms with Crippen molar-refractivity contribution >= 4 is 17.9 Å². The number of likely N-dealkylation sites (N-methyl/N-ethyl adjacent to an activating group) is 1. The van der Waals surface area contributed by atoms with E-state index < -0.39 is 24.1 Å². The molecule has 0 fully saturated rings. The number of rotatable bonds is 6. The summed E-state index contributed by atoms with van der Waals surface area (Å²) in [6, 6.07) is 9.65. The van der Waals surface area contributed by atoms with E-state index in [0.717, 1.165) is 11.1 Å². The fourth-order valence-corrected chi connectivity index (χ4v) is 4.23. The van der Waals surface area contributed by atoms with Gasteiger partial charge in [0.1, 0.15) is 11.8 Å². The summed E-state index contributed by atoms with van der Waals surface area (Å²) >= 11 is 0. The standard InChI is InChI=1S/C23H26N4O5/c1-3-31-22(29)19-16(25-23(30)26-20(19)18-9-6-10-32-18)13-27-12-15-8-5-4-7-14(15)11-17(27)21(28)24-2/h4-10,17,20H,3,11-13H2,1-2H3,(H,24,28)(H2,25,26,30). The molecular formula is C23H26N4O5. The molecule has 0 radical (unpaired) electrons. The predicted molar refractivity (Wildman–Crippen MR) is 115 cm³/mol. The third-order valence-electron chi connectivity index (χ3n) is 5.73. The van der Waals surface area contributed by atoms with Crippen molar-refractivity contribution < 1.29 is 23.5 Å². The van der Waals surface area contributed by atoms with Crippen molar-refractivity contribution in [2.24, 2.45) is 0 Å². The molecule has 0 saturated heterocycles. The molecule has 3 heterocycles. The second kappa shape index (κ2) is 9.27. The number of nitrogens with zero attached hydrogens (tertiary/aromatic N) is 1. The van der Waals surface area contributed by atoms with Crippen molar-refractivity contribution in [2.75, 3.05) is 20.2 Å². The number of carbonyl (C=O) groups is 3. The molecule has 4 rings (SSSR count). The Morgan fingerprint density at radius 3 is 2.69 bits per heavy atom. The first-order chi connectivity index (χ1) is 15.5. The first-order valence-corrected chi connectivity index (χ1v) is 10.5. The van der Waals surface area contributed by atoms with Gasteiger partial charge in [-0.1, -0.05) is 24.3 Å². The van der Waals surface area contributed by atoms with Gasteiger partial charge in [-0.2, -0.15) is 0 Å². The van der Waals surface area contributed by atoms with Gasteiger partial charge in [-0.05, 0) is 36.6 Å². The van der Waals surface area contributed by atoms with Crippen LogP contribution in [0.1, 0.15) is 29.9 Å². The summed E-state index contributed by atoms with van der Waals surface area (Å²) in [5.74, 6) is -0.252. The minimum Gasteiger partial charge on any atom is -0.467 e. The molecule has 32 heavy (non-hydrogen) atoms. The molecule has 2 unspecified atom stereocenters. The van der Waals surface area contributed by atoms with Crippen LogP contribution in [-0.2, 0) is 27.3 Å². The first-order valence-electron chi connectivity index (χ1n) is 10.5. The number of fused-ring (bicyclic) bond motifs is 1. The van der Waals surface area contributed by atoms with Crippen LogP contribution in [0, 0.1) is 0 Å². The molecule has 168 valence electrons. The maximum absolute atomic E-state index is 12.9. The number of benzene rings is 1. The Kier molecular flexibility index (Phi) is 6.27. The van der Waals surface area contributed by atoms with E-state index >= 15 is 0 Å². The van der Waals surface area contributed by atoms with Gasteiger partial charge in [0.25, 0.3) is 0 Å². The molecule has 1 aromatic carbocycles. The van der Waals surface area contributed by atoms with Crippen molar-refractivity contribution in [3.8, 4) is 0 Å². The van der Waals surface area contributed by atoms with Crippen molar-refractivity contribution in [3.63, 3.8) is 0 Å². The molecule has 9 nitrogen and oxygen atoms in total. The molecule has 1 aromatic heterocycles. The smallest absolute Gasteiger partial charge is 0.338 e. The highest BCUT2D eigenvalue weighted by molar-refractivity contribution is 5.95. The van der Waals surface area contributed by atoms with E-state index in [9.17, 15) is 14.4 Å². The summed E-state index contributed by atoms with van der Waals surface area (Å²) < 4.78 is 10.8. The lowest BCUT2D eigenvalue weighted by Crippen LogP contribution is -2.53. The van der Waals surface area contributed by atoms with Gasteiger partial charge in [-0.25, -0.2) is 9.59 Å². The molecule has 0 aliphatic carbocycles. The van der Waals surface area contributed by atoms with E-state index in [-0.39, 0.29) is 24.6 Å². The SMILES string of the molecule is CCOC(=O)C1=C(CN2Cc3ccccc3CC2C(=O)NC)NC(=O)NC1c1ccco1. The number of amides is 3. The zero-order valence-electron chi connectivity index (χ0n) is 18.0. The fraction of sp³-hybridized carbons (Fsp3) is 0.348. The highest BCUT2D eigenvalue weighted by Gasteiger charge is 2.38. The van der Waals surface area contributed by atoms with Crippen LogP contribution >= 0.6 is 0 Å². The Morgan fingerprint density at radius 1 is 1.22 bits per heavy atom. The maximum Gasteiger partial charge on any atom is 0.338 e. The molecule has 0 bridgehead atoms. The Bertz CT molecular complexity index is 1050. The van der Waals surface area contributed by atoms with Crippen molar-refractivity contribution in [2.45, 2.75) is 32.0 Å². The molecule has 2 aromatic rings. The summed E-state index contributed by atoms with van der Waals surface area (Å²) in [7, 11) is 1.60. The second-order valence-corrected chi connectivity index (χ2v) is 7.67. The van der Waals surface area contributed by atoms with Crippen molar-refractivity contribution in [1.82, 2.24) is 20.9 Å². The first kappa shape index (κ1) is 21.6. The van der Waals surface area contributed by atoms with Gasteiger partial charge in [0.15, 0.2) is 0 Å². The van der Waals surface area contributed by atoms with Crippen LogP contribution in [0.4, 0.5) is 4.79 Å². The minimum atomic E-state index is -0.789. The van der Waals surface area contributed by atoms with Gasteiger partial charge in [0.2, 0.25) is 5.91 Å². The predicted octanol–water partition coefficient (Wildman–Crippen LogP) is 1.62. The summed E-state index contributed by atoms with van der Waals surface area (Å²) in [6.45, 7) is 2.60. The summed E-state index contributed by atoms with van der Waals surface area (Å²) in [5.41, 5.74) is 2.87. The molecule has 0 saturated carbocycles.